The van der Waals surface area contributed by atoms with Gasteiger partial charge in [-0.15, -0.1) is 0 Å². The number of nitrogens with zero attached hydrogens (tertiary/aromatic N) is 1. The minimum Gasteiger partial charge on any atom is -0.465 e. The van der Waals surface area contributed by atoms with Gasteiger partial charge in [-0.25, -0.2) is 4.79 Å². The van der Waals surface area contributed by atoms with E-state index in [2.05, 4.69) is 20.4 Å². The summed E-state index contributed by atoms with van der Waals surface area (Å²) in [6, 6.07) is 7.89. The molecule has 5 nitrogen and oxygen atoms in total. The largest absolute Gasteiger partial charge is 0.465 e. The highest BCUT2D eigenvalue weighted by molar-refractivity contribution is 5.95. The maximum atomic E-state index is 12.4. The third-order valence-corrected chi connectivity index (χ3v) is 4.97. The number of nitrogens with two attached hydrogens (primary N) is 1. The molecule has 1 amide bonds. The second kappa shape index (κ2) is 12.1. The van der Waals surface area contributed by atoms with E-state index in [1.54, 1.807) is 19.9 Å². The Kier molecular flexibility index (Phi) is 10.3. The van der Waals surface area contributed by atoms with E-state index in [0.29, 0.717) is 18.5 Å². The monoisotopic (exact) mass is 412 g/mol. The molecule has 0 saturated heterocycles. The fourth-order valence-electron chi connectivity index (χ4n) is 3.50. The molecule has 0 aliphatic carbocycles. The first-order chi connectivity index (χ1) is 14.2. The lowest BCUT2D eigenvalue weighted by Crippen LogP contribution is -2.43. The van der Waals surface area contributed by atoms with E-state index in [0.717, 1.165) is 28.8 Å². The summed E-state index contributed by atoms with van der Waals surface area (Å²) in [5.74, 6) is -0.0968. The third kappa shape index (κ3) is 6.99. The van der Waals surface area contributed by atoms with Crippen LogP contribution in [0.25, 0.3) is 5.57 Å². The normalized spacial score (nSPS) is 13.2. The van der Waals surface area contributed by atoms with Crippen LogP contribution in [0.3, 0.4) is 0 Å². The number of methoxy groups -OCH3 is 1. The first kappa shape index (κ1) is 25.4. The van der Waals surface area contributed by atoms with Gasteiger partial charge in [0.05, 0.1) is 12.7 Å². The molecule has 0 aromatic heterocycles. The molecule has 0 radical (unpaired) electrons. The summed E-state index contributed by atoms with van der Waals surface area (Å²) in [5.41, 5.74) is 10.0. The molecule has 1 aromatic carbocycles. The van der Waals surface area contributed by atoms with E-state index in [-0.39, 0.29) is 23.8 Å². The quantitative estimate of drug-likeness (QED) is 0.257. The van der Waals surface area contributed by atoms with E-state index in [4.69, 9.17) is 10.5 Å². The standard InChI is InChI=1S/C25H36N2O3/c1-8-20(25(29)30-7)16-22(15-17(2)3)21-9-11-23(12-10-21)27(19(6)28)24(13-14-26)18(4)5/h8-12,16,18,24H,2,13-15,26H2,1,3-7H3. The first-order valence-corrected chi connectivity index (χ1v) is 10.4. The Morgan fingerprint density at radius 1 is 1.20 bits per heavy atom. The number of benzene rings is 1. The van der Waals surface area contributed by atoms with Crippen molar-refractivity contribution in [1.82, 2.24) is 0 Å². The molecule has 5 heteroatoms. The lowest BCUT2D eigenvalue weighted by atomic mass is 9.95. The Bertz CT molecular complexity index is 804. The summed E-state index contributed by atoms with van der Waals surface area (Å²) < 4.78 is 4.87. The van der Waals surface area contributed by atoms with E-state index < -0.39 is 0 Å². The first-order valence-electron chi connectivity index (χ1n) is 10.4. The van der Waals surface area contributed by atoms with Crippen LogP contribution in [-0.4, -0.2) is 31.6 Å². The molecule has 1 atom stereocenters. The van der Waals surface area contributed by atoms with Gasteiger partial charge in [0.1, 0.15) is 0 Å². The molecule has 1 unspecified atom stereocenters. The SMILES string of the molecule is C=C(C)CC(=CC(=CC)C(=O)OC)c1ccc(N(C(C)=O)C(CCN)C(C)C)cc1. The van der Waals surface area contributed by atoms with Crippen LogP contribution in [0.5, 0.6) is 0 Å². The summed E-state index contributed by atoms with van der Waals surface area (Å²) in [5, 5.41) is 0. The highest BCUT2D eigenvalue weighted by Crippen LogP contribution is 2.28. The Hall–Kier alpha value is -2.66. The Labute approximate surface area is 181 Å². The lowest BCUT2D eigenvalue weighted by molar-refractivity contribution is -0.135. The zero-order chi connectivity index (χ0) is 22.8. The maximum Gasteiger partial charge on any atom is 0.337 e. The molecule has 0 spiro atoms. The van der Waals surface area contributed by atoms with E-state index in [1.807, 2.05) is 42.2 Å². The van der Waals surface area contributed by atoms with Gasteiger partial charge in [-0.1, -0.05) is 44.2 Å². The molecule has 30 heavy (non-hydrogen) atoms. The topological polar surface area (TPSA) is 72.6 Å². The summed E-state index contributed by atoms with van der Waals surface area (Å²) in [7, 11) is 1.37. The lowest BCUT2D eigenvalue weighted by Gasteiger charge is -2.34. The van der Waals surface area contributed by atoms with Gasteiger partial charge in [0.25, 0.3) is 0 Å². The van der Waals surface area contributed by atoms with Gasteiger partial charge in [-0.2, -0.15) is 0 Å². The Morgan fingerprint density at radius 3 is 2.20 bits per heavy atom. The number of amides is 1. The fraction of sp³-hybridized carbons (Fsp3) is 0.440. The third-order valence-electron chi connectivity index (χ3n) is 4.97. The predicted octanol–water partition coefficient (Wildman–Crippen LogP) is 4.88. The van der Waals surface area contributed by atoms with Crippen LogP contribution in [0.4, 0.5) is 5.69 Å². The van der Waals surface area contributed by atoms with Crippen LogP contribution in [-0.2, 0) is 14.3 Å². The number of esters is 1. The van der Waals surface area contributed by atoms with Crippen LogP contribution in [0.15, 0.2) is 54.1 Å². The van der Waals surface area contributed by atoms with Gasteiger partial charge in [0.15, 0.2) is 0 Å². The number of carbonyl (C=O) groups excluding carboxylic acids is 2. The molecule has 0 bridgehead atoms. The summed E-state index contributed by atoms with van der Waals surface area (Å²) in [6.07, 6.45) is 4.94. The van der Waals surface area contributed by atoms with E-state index >= 15 is 0 Å². The minimum atomic E-state index is -0.377. The van der Waals surface area contributed by atoms with Crippen LogP contribution in [0, 0.1) is 5.92 Å². The molecule has 0 aliphatic heterocycles. The number of anilines is 1. The number of hydrogen-bond donors (Lipinski definition) is 1. The molecule has 164 valence electrons. The molecule has 0 fully saturated rings. The van der Waals surface area contributed by atoms with Crippen molar-refractivity contribution >= 4 is 23.1 Å². The number of carbonyl (C=O) groups is 2. The smallest absolute Gasteiger partial charge is 0.337 e. The molecular formula is C25H36N2O3. The van der Waals surface area contributed by atoms with Crippen LogP contribution < -0.4 is 10.6 Å². The van der Waals surface area contributed by atoms with Crippen molar-refractivity contribution in [3.05, 3.63) is 59.7 Å². The summed E-state index contributed by atoms with van der Waals surface area (Å²) >= 11 is 0. The Morgan fingerprint density at radius 2 is 1.80 bits per heavy atom. The highest BCUT2D eigenvalue weighted by atomic mass is 16.5. The van der Waals surface area contributed by atoms with Crippen LogP contribution >= 0.6 is 0 Å². The zero-order valence-corrected chi connectivity index (χ0v) is 19.2. The summed E-state index contributed by atoms with van der Waals surface area (Å²) in [6.45, 7) is 14.1. The van der Waals surface area contributed by atoms with Crippen molar-refractivity contribution in [2.24, 2.45) is 11.7 Å². The molecule has 1 rings (SSSR count). The van der Waals surface area contributed by atoms with Gasteiger partial charge in [0.2, 0.25) is 5.91 Å². The van der Waals surface area contributed by atoms with Gasteiger partial charge < -0.3 is 15.4 Å². The number of ether oxygens (including phenoxy) is 1. The molecule has 1 aromatic rings. The van der Waals surface area contributed by atoms with Gasteiger partial charge in [-0.3, -0.25) is 4.79 Å². The second-order valence-electron chi connectivity index (χ2n) is 7.86. The minimum absolute atomic E-state index is 0.00510. The number of allylic oxidation sites excluding steroid dienone is 3. The van der Waals surface area contributed by atoms with Crippen LogP contribution in [0.1, 0.15) is 53.0 Å². The average Bonchev–Trinajstić information content (AvgIpc) is 2.70. The van der Waals surface area contributed by atoms with Crippen molar-refractivity contribution in [2.75, 3.05) is 18.6 Å². The maximum absolute atomic E-state index is 12.4. The van der Waals surface area contributed by atoms with Gasteiger partial charge in [-0.05, 0) is 68.5 Å². The molecule has 0 saturated carbocycles. The molecule has 2 N–H and O–H groups in total. The number of hydrogen-bond acceptors (Lipinski definition) is 4. The van der Waals surface area contributed by atoms with Gasteiger partial charge in [0, 0.05) is 18.7 Å². The van der Waals surface area contributed by atoms with Crippen molar-refractivity contribution < 1.29 is 14.3 Å². The zero-order valence-electron chi connectivity index (χ0n) is 19.2. The van der Waals surface area contributed by atoms with E-state index in [9.17, 15) is 9.59 Å². The Balaban J connectivity index is 3.37. The second-order valence-corrected chi connectivity index (χ2v) is 7.86. The van der Waals surface area contributed by atoms with Crippen molar-refractivity contribution in [3.63, 3.8) is 0 Å². The van der Waals surface area contributed by atoms with Crippen molar-refractivity contribution in [3.8, 4) is 0 Å². The van der Waals surface area contributed by atoms with E-state index in [1.165, 1.54) is 7.11 Å². The molecule has 0 aliphatic rings. The molecule has 0 heterocycles. The highest BCUT2D eigenvalue weighted by Gasteiger charge is 2.25. The molecular weight excluding hydrogens is 376 g/mol. The summed E-state index contributed by atoms with van der Waals surface area (Å²) in [4.78, 5) is 26.3. The fourth-order valence-corrected chi connectivity index (χ4v) is 3.50. The predicted molar refractivity (Wildman–Crippen MR) is 125 cm³/mol. The van der Waals surface area contributed by atoms with Crippen LogP contribution in [0.2, 0.25) is 0 Å². The number of rotatable bonds is 10. The van der Waals surface area contributed by atoms with Crippen molar-refractivity contribution in [1.29, 1.82) is 0 Å². The van der Waals surface area contributed by atoms with Crippen molar-refractivity contribution in [2.45, 2.75) is 53.5 Å². The van der Waals surface area contributed by atoms with Gasteiger partial charge >= 0.3 is 5.97 Å². The average molecular weight is 413 g/mol.